The van der Waals surface area contributed by atoms with Crippen molar-refractivity contribution in [2.75, 3.05) is 70.7 Å². The second-order valence-corrected chi connectivity index (χ2v) is 18.6. The molecule has 0 atom stereocenters. The summed E-state index contributed by atoms with van der Waals surface area (Å²) in [6, 6.07) is 42.2. The van der Waals surface area contributed by atoms with E-state index < -0.39 is 5.24 Å². The molecule has 21 nitrogen and oxygen atoms in total. The van der Waals surface area contributed by atoms with Gasteiger partial charge in [-0.25, -0.2) is 19.9 Å². The summed E-state index contributed by atoms with van der Waals surface area (Å²) in [5.41, 5.74) is 11.4. The van der Waals surface area contributed by atoms with Crippen LogP contribution in [0, 0.1) is 0 Å². The van der Waals surface area contributed by atoms with Crippen molar-refractivity contribution < 1.29 is 161 Å². The number of amides is 1. The van der Waals surface area contributed by atoms with E-state index in [9.17, 15) is 9.59 Å². The number of hydrogen-bond acceptors (Lipinski definition) is 20. The third-order valence-electron chi connectivity index (χ3n) is 11.1. The smallest absolute Gasteiger partial charge is 1.00 e. The van der Waals surface area contributed by atoms with Gasteiger partial charge in [0.1, 0.15) is 55.3 Å². The zero-order valence-corrected chi connectivity index (χ0v) is 57.4. The van der Waals surface area contributed by atoms with Gasteiger partial charge in [-0.1, -0.05) is 58.0 Å². The second-order valence-electron chi connectivity index (χ2n) is 16.4. The molecule has 6 aromatic heterocycles. The number of morpholine rings is 1. The summed E-state index contributed by atoms with van der Waals surface area (Å²) in [5.74, 6) is 4.69. The third-order valence-corrected chi connectivity index (χ3v) is 12.5. The molecule has 1 aliphatic rings. The Hall–Kier alpha value is -5.24. The zero-order valence-electron chi connectivity index (χ0n) is 47.6. The molecule has 4 aromatic carbocycles. The first-order chi connectivity index (χ1) is 40.5. The van der Waals surface area contributed by atoms with Crippen LogP contribution >= 0.6 is 69.6 Å². The molecule has 1 fully saturated rings. The Morgan fingerprint density at radius 3 is 1.40 bits per heavy atom. The topological polar surface area (TPSA) is 275 Å². The third kappa shape index (κ3) is 23.0. The Morgan fingerprint density at radius 1 is 0.558 bits per heavy atom. The molecule has 7 heterocycles. The van der Waals surface area contributed by atoms with Gasteiger partial charge in [-0.15, -0.1) is 0 Å². The molecule has 11 rings (SSSR count). The number of nitrogens with zero attached hydrogens (tertiary/aromatic N) is 7. The summed E-state index contributed by atoms with van der Waals surface area (Å²) in [4.78, 5) is 61.0. The molecule has 0 unspecified atom stereocenters. The van der Waals surface area contributed by atoms with Crippen molar-refractivity contribution in [3.8, 4) is 45.9 Å². The summed E-state index contributed by atoms with van der Waals surface area (Å²) in [5, 5.41) is 12.1. The van der Waals surface area contributed by atoms with E-state index in [1.165, 1.54) is 0 Å². The zero-order chi connectivity index (χ0) is 60.5. The summed E-state index contributed by atoms with van der Waals surface area (Å²) in [6.07, 6.45) is 0. The van der Waals surface area contributed by atoms with Gasteiger partial charge in [0.25, 0.3) is 17.6 Å². The van der Waals surface area contributed by atoms with E-state index >= 15 is 0 Å². The fourth-order valence-electron chi connectivity index (χ4n) is 6.87. The van der Waals surface area contributed by atoms with Gasteiger partial charge in [-0.05, 0) is 157 Å². The predicted molar refractivity (Wildman–Crippen MR) is 321 cm³/mol. The molecule has 0 radical (unpaired) electrons. The largest absolute Gasteiger partial charge is 1.00 e. The minimum absolute atomic E-state index is 0. The number of halogens is 6. The van der Waals surface area contributed by atoms with E-state index in [1.807, 2.05) is 60.7 Å². The van der Waals surface area contributed by atoms with Crippen LogP contribution in [0.25, 0.3) is 45.4 Å². The number of rotatable bonds is 11. The molecule has 438 valence electrons. The molecule has 0 spiro atoms. The Balaban J connectivity index is 0.000000286. The standard InChI is InChI=1S/C17H17N3O3.C13H10Cl2N2O2.C13H9ClN2O2.C8H7ClO2.C5H4Cl2N2.CH2O3.2K.H/c1-21-13-4-2-12(3-5-13)16-18-14-6-7-15(19-17(14)23-16)20-8-10-22-11-9-20;1-19-9-4-2-8(3-5-9)13(18)16-10-6-7-11(14)17-12(10)15;1-17-9-4-2-8(3-5-9)12-15-10-6-7-11(14)16-13(10)18-12;1-11-7-4-2-6(3-5-7)8(9)10;6-4-2-1-3(8)5(7)9-4;2-1-4-3;;;/h2-7H,8-11H2,1H3;2-7H,1H3,(H,16,18);2-7H,1H3;2-5H,1H3;1-2H,8H2;1,3H;;;/q;;;;;;2*+1;-1/p-1. The average molecular weight is 1340 g/mol. The number of carbonyl (C=O) groups is 3. The van der Waals surface area contributed by atoms with E-state index in [4.69, 9.17) is 118 Å². The number of fused-ring (bicyclic) bond motifs is 2. The molecular weight excluding hydrogens is 1290 g/mol. The first kappa shape index (κ1) is 73.2. The van der Waals surface area contributed by atoms with Crippen LogP contribution in [0.4, 0.5) is 17.2 Å². The van der Waals surface area contributed by atoms with E-state index in [0.717, 1.165) is 60.3 Å². The van der Waals surface area contributed by atoms with E-state index in [0.29, 0.717) is 73.0 Å². The van der Waals surface area contributed by atoms with Crippen molar-refractivity contribution >= 4 is 127 Å². The molecule has 3 N–H and O–H groups in total. The molecule has 86 heavy (non-hydrogen) atoms. The van der Waals surface area contributed by atoms with Crippen LogP contribution in [0.2, 0.25) is 25.8 Å². The number of anilines is 3. The van der Waals surface area contributed by atoms with Crippen molar-refractivity contribution in [2.24, 2.45) is 0 Å². The van der Waals surface area contributed by atoms with Crippen LogP contribution in [-0.4, -0.2) is 102 Å². The van der Waals surface area contributed by atoms with Crippen LogP contribution in [0.15, 0.2) is 154 Å². The quantitative estimate of drug-likeness (QED) is 0.0347. The normalized spacial score (nSPS) is 10.9. The number of aromatic nitrogens is 6. The second kappa shape index (κ2) is 38.2. The number of benzene rings is 4. The number of nitrogens with one attached hydrogen (secondary N) is 1. The van der Waals surface area contributed by atoms with Gasteiger partial charge < -0.3 is 60.0 Å². The van der Waals surface area contributed by atoms with Gasteiger partial charge in [0.15, 0.2) is 10.3 Å². The maximum atomic E-state index is 12.0. The summed E-state index contributed by atoms with van der Waals surface area (Å²) < 4.78 is 37.0. The van der Waals surface area contributed by atoms with E-state index in [1.54, 1.807) is 113 Å². The summed E-state index contributed by atoms with van der Waals surface area (Å²) in [6.45, 7) is 2.97. The number of nitrogen functional groups attached to an aromatic ring is 1. The number of hydrogen-bond donors (Lipinski definition) is 2. The molecule has 0 saturated carbocycles. The summed E-state index contributed by atoms with van der Waals surface area (Å²) in [7, 11) is 6.40. The van der Waals surface area contributed by atoms with Gasteiger partial charge in [0.05, 0.1) is 53.0 Å². The number of oxazole rings is 2. The number of ether oxygens (including phenoxy) is 5. The number of carbonyl (C=O) groups excluding carboxylic acids is 3. The Labute approximate surface area is 609 Å². The van der Waals surface area contributed by atoms with Crippen LogP contribution in [0.5, 0.6) is 23.0 Å². The van der Waals surface area contributed by atoms with Crippen molar-refractivity contribution in [1.82, 2.24) is 29.9 Å². The Kier molecular flexibility index (Phi) is 32.6. The number of nitrogens with two attached hydrogens (primary N) is 1. The van der Waals surface area contributed by atoms with Gasteiger partial charge in [-0.2, -0.15) is 9.97 Å². The van der Waals surface area contributed by atoms with Crippen molar-refractivity contribution in [3.63, 3.8) is 0 Å². The first-order valence-corrected chi connectivity index (χ1v) is 26.5. The molecular formula is C57H49Cl6K2N9O12. The van der Waals surface area contributed by atoms with Crippen LogP contribution in [-0.2, 0) is 14.4 Å². The first-order valence-electron chi connectivity index (χ1n) is 24.3. The van der Waals surface area contributed by atoms with Gasteiger partial charge in [0, 0.05) is 35.3 Å². The fourth-order valence-corrected chi connectivity index (χ4v) is 7.87. The van der Waals surface area contributed by atoms with E-state index in [-0.39, 0.29) is 132 Å². The fraction of sp³-hybridized carbons (Fsp3) is 0.140. The summed E-state index contributed by atoms with van der Waals surface area (Å²) >= 11 is 33.5. The van der Waals surface area contributed by atoms with Gasteiger partial charge in [0.2, 0.25) is 23.2 Å². The van der Waals surface area contributed by atoms with Gasteiger partial charge >= 0.3 is 103 Å². The van der Waals surface area contributed by atoms with Crippen LogP contribution in [0.1, 0.15) is 22.1 Å². The molecule has 10 aromatic rings. The van der Waals surface area contributed by atoms with Crippen molar-refractivity contribution in [2.45, 2.75) is 0 Å². The van der Waals surface area contributed by atoms with E-state index in [2.05, 4.69) is 45.0 Å². The molecule has 0 aliphatic carbocycles. The molecule has 0 bridgehead atoms. The van der Waals surface area contributed by atoms with Crippen molar-refractivity contribution in [1.29, 1.82) is 0 Å². The van der Waals surface area contributed by atoms with Crippen LogP contribution < -0.4 is 143 Å². The van der Waals surface area contributed by atoms with Gasteiger partial charge in [-0.3, -0.25) is 14.4 Å². The monoisotopic (exact) mass is 1340 g/mol. The minimum atomic E-state index is -0.451. The maximum absolute atomic E-state index is 12.0. The molecule has 1 amide bonds. The maximum Gasteiger partial charge on any atom is 1.00 e. The van der Waals surface area contributed by atoms with Crippen LogP contribution in [0.3, 0.4) is 0 Å². The molecule has 1 aliphatic heterocycles. The molecule has 1 saturated heterocycles. The predicted octanol–water partition coefficient (Wildman–Crippen LogP) is 6.54. The minimum Gasteiger partial charge on any atom is -1.00 e. The number of methoxy groups -OCH3 is 4. The van der Waals surface area contributed by atoms with Crippen molar-refractivity contribution in [3.05, 3.63) is 182 Å². The Bertz CT molecular complexity index is 3750. The SMILES string of the molecule is COc1ccc(-c2nc3ccc(Cl)nc3o2)cc1.COc1ccc(-c2nc3ccc(N4CCOCC4)nc3o2)cc1.COc1ccc(C(=O)Cl)cc1.COc1ccc(C(=O)Nc2ccc(Cl)nc2Cl)cc1.Nc1ccc(Cl)nc1Cl.O=CO[O-].[H-].[K+].[K+]. The molecule has 29 heteroatoms. The number of pyridine rings is 4. The average Bonchev–Trinajstić information content (AvgIpc) is 4.40. The Morgan fingerprint density at radius 2 is 0.965 bits per heavy atom.